The Labute approximate surface area is 148 Å². The molecule has 0 aliphatic carbocycles. The fourth-order valence-corrected chi connectivity index (χ4v) is 3.53. The third-order valence-electron chi connectivity index (χ3n) is 3.98. The monoisotopic (exact) mass is 381 g/mol. The van der Waals surface area contributed by atoms with Crippen LogP contribution in [0.4, 0.5) is 0 Å². The molecule has 0 spiro atoms. The lowest BCUT2D eigenvalue weighted by atomic mass is 9.98. The Balaban J connectivity index is 2.06. The van der Waals surface area contributed by atoms with Crippen LogP contribution in [0, 0.1) is 0 Å². The maximum absolute atomic E-state index is 6.06. The van der Waals surface area contributed by atoms with E-state index in [9.17, 15) is 0 Å². The van der Waals surface area contributed by atoms with Crippen molar-refractivity contribution in [1.82, 2.24) is 4.98 Å². The molecule has 0 amide bonds. The second-order valence-corrected chi connectivity index (χ2v) is 6.70. The molecule has 0 aliphatic rings. The van der Waals surface area contributed by atoms with Gasteiger partial charge in [0, 0.05) is 31.5 Å². The standard InChI is InChI=1S/C20H13BrClN/c21-17-7-3-1-5-15(17)20-19(13-9-11-14(22)12-10-13)16-6-2-4-8-18(16)23-20/h1-12,23H. The first-order valence-corrected chi connectivity index (χ1v) is 8.52. The molecular formula is C20H13BrClN. The Bertz CT molecular complexity index is 986. The predicted octanol–water partition coefficient (Wildman–Crippen LogP) is 6.92. The number of fused-ring (bicyclic) bond motifs is 1. The van der Waals surface area contributed by atoms with Crippen molar-refractivity contribution in [3.63, 3.8) is 0 Å². The molecule has 3 aromatic carbocycles. The van der Waals surface area contributed by atoms with Crippen molar-refractivity contribution in [3.05, 3.63) is 82.3 Å². The largest absolute Gasteiger partial charge is 0.354 e. The molecule has 1 heterocycles. The minimum Gasteiger partial charge on any atom is -0.354 e. The van der Waals surface area contributed by atoms with Gasteiger partial charge in [-0.15, -0.1) is 0 Å². The van der Waals surface area contributed by atoms with Crippen LogP contribution in [0.15, 0.2) is 77.3 Å². The third-order valence-corrected chi connectivity index (χ3v) is 4.93. The number of nitrogens with one attached hydrogen (secondary N) is 1. The summed E-state index contributed by atoms with van der Waals surface area (Å²) in [7, 11) is 0. The van der Waals surface area contributed by atoms with Gasteiger partial charge in [0.1, 0.15) is 0 Å². The van der Waals surface area contributed by atoms with Crippen LogP contribution in [-0.2, 0) is 0 Å². The highest BCUT2D eigenvalue weighted by Gasteiger charge is 2.16. The van der Waals surface area contributed by atoms with Crippen molar-refractivity contribution < 1.29 is 0 Å². The normalized spacial score (nSPS) is 11.0. The van der Waals surface area contributed by atoms with Crippen molar-refractivity contribution in [2.75, 3.05) is 0 Å². The smallest absolute Gasteiger partial charge is 0.0555 e. The van der Waals surface area contributed by atoms with E-state index in [0.717, 1.165) is 31.8 Å². The molecule has 0 saturated heterocycles. The van der Waals surface area contributed by atoms with Gasteiger partial charge in [0.15, 0.2) is 0 Å². The lowest BCUT2D eigenvalue weighted by molar-refractivity contribution is 1.44. The zero-order valence-electron chi connectivity index (χ0n) is 12.2. The minimum absolute atomic E-state index is 0.746. The molecule has 112 valence electrons. The molecule has 1 nitrogen and oxygen atoms in total. The molecular weight excluding hydrogens is 370 g/mol. The molecule has 1 aromatic heterocycles. The van der Waals surface area contributed by atoms with E-state index in [1.54, 1.807) is 0 Å². The van der Waals surface area contributed by atoms with Crippen LogP contribution < -0.4 is 0 Å². The number of aromatic amines is 1. The highest BCUT2D eigenvalue weighted by Crippen LogP contribution is 2.40. The van der Waals surface area contributed by atoms with Gasteiger partial charge < -0.3 is 4.98 Å². The van der Waals surface area contributed by atoms with Crippen LogP contribution >= 0.6 is 27.5 Å². The van der Waals surface area contributed by atoms with E-state index in [4.69, 9.17) is 11.6 Å². The Morgan fingerprint density at radius 2 is 1.48 bits per heavy atom. The number of hydrogen-bond acceptors (Lipinski definition) is 0. The molecule has 4 aromatic rings. The summed E-state index contributed by atoms with van der Waals surface area (Å²) >= 11 is 9.73. The van der Waals surface area contributed by atoms with Gasteiger partial charge in [-0.3, -0.25) is 0 Å². The number of rotatable bonds is 2. The SMILES string of the molecule is Clc1ccc(-c2c(-c3ccccc3Br)[nH]c3ccccc23)cc1. The summed E-state index contributed by atoms with van der Waals surface area (Å²) < 4.78 is 1.07. The van der Waals surface area contributed by atoms with Crippen molar-refractivity contribution >= 4 is 38.4 Å². The van der Waals surface area contributed by atoms with Gasteiger partial charge >= 0.3 is 0 Å². The molecule has 0 unspecified atom stereocenters. The first kappa shape index (κ1) is 14.6. The van der Waals surface area contributed by atoms with Gasteiger partial charge in [0.2, 0.25) is 0 Å². The highest BCUT2D eigenvalue weighted by atomic mass is 79.9. The predicted molar refractivity (Wildman–Crippen MR) is 102 cm³/mol. The minimum atomic E-state index is 0.746. The van der Waals surface area contributed by atoms with Gasteiger partial charge in [-0.05, 0) is 29.8 Å². The maximum atomic E-state index is 6.06. The first-order chi connectivity index (χ1) is 11.2. The zero-order valence-corrected chi connectivity index (χ0v) is 14.5. The molecule has 0 fully saturated rings. The van der Waals surface area contributed by atoms with Crippen molar-refractivity contribution in [2.24, 2.45) is 0 Å². The van der Waals surface area contributed by atoms with E-state index in [-0.39, 0.29) is 0 Å². The van der Waals surface area contributed by atoms with Crippen molar-refractivity contribution in [1.29, 1.82) is 0 Å². The Kier molecular flexibility index (Phi) is 3.72. The maximum Gasteiger partial charge on any atom is 0.0555 e. The molecule has 23 heavy (non-hydrogen) atoms. The van der Waals surface area contributed by atoms with Gasteiger partial charge in [-0.25, -0.2) is 0 Å². The lowest BCUT2D eigenvalue weighted by Gasteiger charge is -2.08. The average molecular weight is 383 g/mol. The summed E-state index contributed by atoms with van der Waals surface area (Å²) in [6, 6.07) is 24.6. The van der Waals surface area contributed by atoms with Gasteiger partial charge in [0.25, 0.3) is 0 Å². The number of para-hydroxylation sites is 1. The van der Waals surface area contributed by atoms with Crippen molar-refractivity contribution in [2.45, 2.75) is 0 Å². The Morgan fingerprint density at radius 1 is 0.783 bits per heavy atom. The summed E-state index contributed by atoms with van der Waals surface area (Å²) in [5, 5.41) is 1.96. The lowest BCUT2D eigenvalue weighted by Crippen LogP contribution is -1.84. The third kappa shape index (κ3) is 2.58. The fourth-order valence-electron chi connectivity index (χ4n) is 2.92. The number of benzene rings is 3. The summed E-state index contributed by atoms with van der Waals surface area (Å²) in [6.07, 6.45) is 0. The average Bonchev–Trinajstić information content (AvgIpc) is 2.95. The Hall–Kier alpha value is -2.03. The molecule has 3 heteroatoms. The Morgan fingerprint density at radius 3 is 2.26 bits per heavy atom. The number of hydrogen-bond donors (Lipinski definition) is 1. The topological polar surface area (TPSA) is 15.8 Å². The molecule has 0 bridgehead atoms. The van der Waals surface area contributed by atoms with E-state index in [1.165, 1.54) is 10.9 Å². The highest BCUT2D eigenvalue weighted by molar-refractivity contribution is 9.10. The van der Waals surface area contributed by atoms with Crippen LogP contribution in [-0.4, -0.2) is 4.98 Å². The summed E-state index contributed by atoms with van der Waals surface area (Å²) in [5.41, 5.74) is 5.74. The van der Waals surface area contributed by atoms with Gasteiger partial charge in [-0.1, -0.05) is 76.1 Å². The number of halogens is 2. The number of H-pyrrole nitrogens is 1. The molecule has 0 atom stereocenters. The van der Waals surface area contributed by atoms with Crippen LogP contribution in [0.2, 0.25) is 5.02 Å². The zero-order chi connectivity index (χ0) is 15.8. The van der Waals surface area contributed by atoms with Gasteiger partial charge in [0.05, 0.1) is 5.69 Å². The second-order valence-electron chi connectivity index (χ2n) is 5.41. The van der Waals surface area contributed by atoms with E-state index in [1.807, 2.05) is 24.3 Å². The first-order valence-electron chi connectivity index (χ1n) is 7.35. The molecule has 1 N–H and O–H groups in total. The van der Waals surface area contributed by atoms with Crippen LogP contribution in [0.25, 0.3) is 33.3 Å². The molecule has 0 aliphatic heterocycles. The number of aromatic nitrogens is 1. The van der Waals surface area contributed by atoms with Crippen molar-refractivity contribution in [3.8, 4) is 22.4 Å². The van der Waals surface area contributed by atoms with E-state index < -0.39 is 0 Å². The second kappa shape index (κ2) is 5.88. The molecule has 0 radical (unpaired) electrons. The molecule has 4 rings (SSSR count). The summed E-state index contributed by atoms with van der Waals surface area (Å²) in [4.78, 5) is 3.57. The van der Waals surface area contributed by atoms with E-state index in [2.05, 4.69) is 69.4 Å². The summed E-state index contributed by atoms with van der Waals surface area (Å²) in [5.74, 6) is 0. The van der Waals surface area contributed by atoms with E-state index >= 15 is 0 Å². The molecule has 0 saturated carbocycles. The van der Waals surface area contributed by atoms with E-state index in [0.29, 0.717) is 0 Å². The quantitative estimate of drug-likeness (QED) is 0.387. The van der Waals surface area contributed by atoms with Crippen LogP contribution in [0.1, 0.15) is 0 Å². The summed E-state index contributed by atoms with van der Waals surface area (Å²) in [6.45, 7) is 0. The van der Waals surface area contributed by atoms with Gasteiger partial charge in [-0.2, -0.15) is 0 Å². The van der Waals surface area contributed by atoms with Crippen LogP contribution in [0.3, 0.4) is 0 Å². The fraction of sp³-hybridized carbons (Fsp3) is 0. The van der Waals surface area contributed by atoms with Crippen LogP contribution in [0.5, 0.6) is 0 Å².